The monoisotopic (exact) mass is 886 g/mol. The van der Waals surface area contributed by atoms with Gasteiger partial charge in [0.15, 0.2) is 17.3 Å². The molecule has 4 aromatic rings. The molecular weight excluding hydrogens is 825 g/mol. The van der Waals surface area contributed by atoms with E-state index in [1.165, 1.54) is 11.9 Å². The number of amides is 2. The smallest absolute Gasteiger partial charge is 0.226 e. The first-order valence-electron chi connectivity index (χ1n) is 22.3. The topological polar surface area (TPSA) is 247 Å². The molecular formula is C50H62N8O7. The van der Waals surface area contributed by atoms with E-state index in [2.05, 4.69) is 29.1 Å². The summed E-state index contributed by atoms with van der Waals surface area (Å²) in [6.07, 6.45) is 4.01. The first-order chi connectivity index (χ1) is 31.2. The van der Waals surface area contributed by atoms with Gasteiger partial charge in [0.05, 0.1) is 29.7 Å². The summed E-state index contributed by atoms with van der Waals surface area (Å²) in [5, 5.41) is 12.1. The third kappa shape index (κ3) is 12.9. The van der Waals surface area contributed by atoms with Crippen LogP contribution in [0.15, 0.2) is 67.0 Å². The number of nitrogens with zero attached hydrogens (tertiary/aromatic N) is 4. The molecule has 2 heterocycles. The summed E-state index contributed by atoms with van der Waals surface area (Å²) in [6, 6.07) is 15.7. The molecule has 65 heavy (non-hydrogen) atoms. The Balaban J connectivity index is 1.55. The lowest BCUT2D eigenvalue weighted by molar-refractivity contribution is -0.142. The first-order valence-corrected chi connectivity index (χ1v) is 22.3. The van der Waals surface area contributed by atoms with Crippen LogP contribution in [0, 0.1) is 36.0 Å². The van der Waals surface area contributed by atoms with Crippen LogP contribution < -0.4 is 32.0 Å². The quantitative estimate of drug-likeness (QED) is 0.0882. The maximum absolute atomic E-state index is 14.7. The van der Waals surface area contributed by atoms with Crippen molar-refractivity contribution in [1.29, 1.82) is 5.26 Å². The Morgan fingerprint density at radius 2 is 1.60 bits per heavy atom. The largest absolute Gasteiger partial charge is 0.492 e. The Morgan fingerprint density at radius 3 is 2.22 bits per heavy atom. The number of nitrogens with two attached hydrogens (primary N) is 3. The summed E-state index contributed by atoms with van der Waals surface area (Å²) in [6.45, 7) is 8.55. The van der Waals surface area contributed by atoms with Crippen molar-refractivity contribution in [3.8, 4) is 40.0 Å². The van der Waals surface area contributed by atoms with Gasteiger partial charge >= 0.3 is 0 Å². The van der Waals surface area contributed by atoms with Gasteiger partial charge in [-0.15, -0.1) is 0 Å². The Kier molecular flexibility index (Phi) is 18.0. The molecule has 1 aromatic heterocycles. The van der Waals surface area contributed by atoms with E-state index >= 15 is 0 Å². The zero-order valence-corrected chi connectivity index (χ0v) is 38.1. The second-order valence-corrected chi connectivity index (χ2v) is 17.1. The minimum Gasteiger partial charge on any atom is -0.492 e. The fourth-order valence-corrected chi connectivity index (χ4v) is 8.14. The van der Waals surface area contributed by atoms with Crippen LogP contribution in [0.5, 0.6) is 11.5 Å². The van der Waals surface area contributed by atoms with E-state index in [-0.39, 0.29) is 82.9 Å². The number of nitrogens with one attached hydrogen (secondary N) is 1. The van der Waals surface area contributed by atoms with Gasteiger partial charge in [0.2, 0.25) is 11.8 Å². The summed E-state index contributed by atoms with van der Waals surface area (Å²) in [5.74, 6) is -2.55. The van der Waals surface area contributed by atoms with Crippen LogP contribution in [-0.2, 0) is 32.0 Å². The Bertz CT molecular complexity index is 2380. The molecule has 2 amide bonds. The Hall–Kier alpha value is -6.34. The molecule has 5 rings (SSSR count). The summed E-state index contributed by atoms with van der Waals surface area (Å²) in [7, 11) is 1.51. The van der Waals surface area contributed by atoms with Gasteiger partial charge in [0, 0.05) is 86.1 Å². The van der Waals surface area contributed by atoms with E-state index < -0.39 is 41.5 Å². The minimum atomic E-state index is -1.22. The summed E-state index contributed by atoms with van der Waals surface area (Å²) >= 11 is 0. The lowest BCUT2D eigenvalue weighted by Gasteiger charge is -2.32. The molecule has 7 N–H and O–H groups in total. The zero-order chi connectivity index (χ0) is 47.2. The van der Waals surface area contributed by atoms with Crippen molar-refractivity contribution in [3.63, 3.8) is 0 Å². The average molecular weight is 887 g/mol. The molecule has 0 fully saturated rings. The molecule has 15 nitrogen and oxygen atoms in total. The number of rotatable bonds is 19. The SMILES string of the molecule is Cc1cc(-c2cnc(CC(C)C)cn2)ccc1C(=O)C[C@@H](CCN)C(=O)N(C)[C@@H]1C(=O)C[C@@H](C)C(=O)N[C@H](C(=O)CCC#N)Cc2ccc(OCCN)c(c2)-c2cc1ccc2OCCN. The predicted octanol–water partition coefficient (Wildman–Crippen LogP) is 5.24. The number of carbonyl (C=O) groups excluding carboxylic acids is 5. The van der Waals surface area contributed by atoms with E-state index in [1.807, 2.05) is 31.2 Å². The van der Waals surface area contributed by atoms with Crippen LogP contribution >= 0.6 is 0 Å². The molecule has 344 valence electrons. The standard InChI is InChI=1S/C50H62N8O7/c1-30(2)21-37-28-56-42(29-55-37)34-9-11-38(31(3)22-34)44(60)27-36(14-16-52)50(63)58(5)48-35-10-13-47(65-20-18-54)40(26-35)39-24-33(8-12-46(39)64-19-17-53)25-41(43(59)7-6-15-51)57-49(62)32(4)23-45(48)61/h8-13,22,24,26,28-30,32,36,41,48H,6-7,14,16-21,23,25,27,52-54H2,1-5H3,(H,57,62)/t32-,36-,41+,48+/m1/s1. The fourth-order valence-electron chi connectivity index (χ4n) is 8.14. The van der Waals surface area contributed by atoms with Crippen LogP contribution in [0.4, 0.5) is 0 Å². The number of aryl methyl sites for hydroxylation is 1. The third-order valence-corrected chi connectivity index (χ3v) is 11.5. The predicted molar refractivity (Wildman–Crippen MR) is 248 cm³/mol. The molecule has 4 atom stereocenters. The van der Waals surface area contributed by atoms with Gasteiger partial charge < -0.3 is 36.9 Å². The van der Waals surface area contributed by atoms with Gasteiger partial charge in [-0.1, -0.05) is 45.0 Å². The minimum absolute atomic E-state index is 0.0288. The molecule has 3 aromatic carbocycles. The highest BCUT2D eigenvalue weighted by Gasteiger charge is 2.36. The van der Waals surface area contributed by atoms with Crippen molar-refractivity contribution in [1.82, 2.24) is 20.2 Å². The van der Waals surface area contributed by atoms with E-state index in [1.54, 1.807) is 55.7 Å². The highest BCUT2D eigenvalue weighted by molar-refractivity contribution is 6.01. The molecule has 0 saturated heterocycles. The van der Waals surface area contributed by atoms with Crippen molar-refractivity contribution < 1.29 is 33.4 Å². The highest BCUT2D eigenvalue weighted by atomic mass is 16.5. The molecule has 0 saturated carbocycles. The summed E-state index contributed by atoms with van der Waals surface area (Å²) < 4.78 is 12.3. The molecule has 0 spiro atoms. The van der Waals surface area contributed by atoms with Crippen LogP contribution in [0.3, 0.4) is 0 Å². The van der Waals surface area contributed by atoms with Gasteiger partial charge in [-0.2, -0.15) is 5.26 Å². The Labute approximate surface area is 381 Å². The normalized spacial score (nSPS) is 16.8. The summed E-state index contributed by atoms with van der Waals surface area (Å²) in [5.41, 5.74) is 23.5. The molecule has 1 aliphatic rings. The van der Waals surface area contributed by atoms with Crippen molar-refractivity contribution in [3.05, 3.63) is 94.9 Å². The van der Waals surface area contributed by atoms with Crippen LogP contribution in [-0.4, -0.2) is 90.0 Å². The number of fused-ring (bicyclic) bond motifs is 5. The number of ether oxygens (including phenoxy) is 2. The molecule has 15 heteroatoms. The van der Waals surface area contributed by atoms with E-state index in [4.69, 9.17) is 26.7 Å². The van der Waals surface area contributed by atoms with E-state index in [0.29, 0.717) is 56.5 Å². The number of hydrogen-bond donors (Lipinski definition) is 4. The second-order valence-electron chi connectivity index (χ2n) is 17.1. The van der Waals surface area contributed by atoms with Crippen LogP contribution in [0.2, 0.25) is 0 Å². The number of aromatic nitrogens is 2. The summed E-state index contributed by atoms with van der Waals surface area (Å²) in [4.78, 5) is 81.3. The number of ketones is 3. The van der Waals surface area contributed by atoms with E-state index in [9.17, 15) is 29.2 Å². The lowest BCUT2D eigenvalue weighted by Crippen LogP contribution is -2.46. The highest BCUT2D eigenvalue weighted by Crippen LogP contribution is 2.41. The van der Waals surface area contributed by atoms with Crippen LogP contribution in [0.25, 0.3) is 22.4 Å². The lowest BCUT2D eigenvalue weighted by atomic mass is 9.87. The maximum Gasteiger partial charge on any atom is 0.226 e. The number of nitriles is 1. The number of benzene rings is 3. The van der Waals surface area contributed by atoms with Crippen molar-refractivity contribution >= 4 is 29.2 Å². The molecule has 1 aliphatic heterocycles. The fraction of sp³-hybridized carbons (Fsp3) is 0.440. The van der Waals surface area contributed by atoms with Gasteiger partial charge in [-0.3, -0.25) is 33.9 Å². The zero-order valence-electron chi connectivity index (χ0n) is 38.1. The maximum atomic E-state index is 14.7. The van der Waals surface area contributed by atoms with Crippen LogP contribution in [0.1, 0.15) is 91.7 Å². The molecule has 0 aliphatic carbocycles. The first kappa shape index (κ1) is 49.7. The average Bonchev–Trinajstić information content (AvgIpc) is 3.28. The van der Waals surface area contributed by atoms with Gasteiger partial charge in [-0.25, -0.2) is 0 Å². The molecule has 0 radical (unpaired) electrons. The number of Topliss-reactive ketones (excluding diaryl/α,β-unsaturated/α-hetero) is 3. The number of carbonyl (C=O) groups is 5. The van der Waals surface area contributed by atoms with E-state index in [0.717, 1.165) is 17.7 Å². The number of likely N-dealkylation sites (N-methyl/N-ethyl adjacent to an activating group) is 1. The Morgan fingerprint density at radius 1 is 0.908 bits per heavy atom. The number of hydrogen-bond acceptors (Lipinski definition) is 13. The second kappa shape index (κ2) is 23.5. The van der Waals surface area contributed by atoms with Crippen molar-refractivity contribution in [2.45, 2.75) is 84.7 Å². The van der Waals surface area contributed by atoms with Gasteiger partial charge in [0.1, 0.15) is 30.8 Å². The van der Waals surface area contributed by atoms with Gasteiger partial charge in [0.25, 0.3) is 0 Å². The third-order valence-electron chi connectivity index (χ3n) is 11.5. The van der Waals surface area contributed by atoms with Crippen molar-refractivity contribution in [2.24, 2.45) is 35.0 Å². The van der Waals surface area contributed by atoms with Gasteiger partial charge in [-0.05, 0) is 85.7 Å². The molecule has 4 bridgehead atoms. The molecule has 0 unspecified atom stereocenters. The van der Waals surface area contributed by atoms with Crippen molar-refractivity contribution in [2.75, 3.05) is 39.9 Å².